The molecule has 0 nitrogen and oxygen atoms in total. The van der Waals surface area contributed by atoms with E-state index in [0.29, 0.717) is 0 Å². The summed E-state index contributed by atoms with van der Waals surface area (Å²) in [5.41, 5.74) is 6.97. The average Bonchev–Trinajstić information content (AvgIpc) is 3.50. The molecular formula is C30H30Cl2Zr-2. The Morgan fingerprint density at radius 1 is 0.848 bits per heavy atom. The quantitative estimate of drug-likeness (QED) is 0.291. The zero-order valence-corrected chi connectivity index (χ0v) is 23.1. The summed E-state index contributed by atoms with van der Waals surface area (Å²) >= 11 is 1.61. The summed E-state index contributed by atoms with van der Waals surface area (Å²) in [6, 6.07) is 38.9. The van der Waals surface area contributed by atoms with E-state index in [9.17, 15) is 0 Å². The number of fused-ring (bicyclic) bond motifs is 3. The van der Waals surface area contributed by atoms with Crippen LogP contribution in [0.1, 0.15) is 42.9 Å². The van der Waals surface area contributed by atoms with Gasteiger partial charge in [-0.15, -0.1) is 5.56 Å². The third kappa shape index (κ3) is 10.0. The Morgan fingerprint density at radius 2 is 1.52 bits per heavy atom. The number of benzene rings is 3. The van der Waals surface area contributed by atoms with Gasteiger partial charge in [-0.2, -0.15) is 48.0 Å². The molecule has 1 aliphatic carbocycles. The van der Waals surface area contributed by atoms with Crippen molar-refractivity contribution in [1.82, 2.24) is 0 Å². The second kappa shape index (κ2) is 16.9. The van der Waals surface area contributed by atoms with Crippen LogP contribution in [0.3, 0.4) is 0 Å². The van der Waals surface area contributed by atoms with Crippen molar-refractivity contribution >= 4 is 3.21 Å². The standard InChI is InChI=1S/C13H9.C12H16.C5H5.2ClH.Zr/c1-3-7-12-10(5-1)9-11-6-2-4-8-13(11)12;1-2-3-4-6-9-12-10-7-5-8-11-12;1-2-4-5-3-1;;;/h1-5,7-8H,9H2;5,7-8,10-11H,2-4,9H2,1H3;1-5H;2*1H;/q-1;;-1;;;+2/p-2. The molecule has 0 unspecified atom stereocenters. The molecule has 0 saturated carbocycles. The zero-order valence-electron chi connectivity index (χ0n) is 19.1. The Bertz CT molecular complexity index is 979. The van der Waals surface area contributed by atoms with Gasteiger partial charge in [0, 0.05) is 0 Å². The molecular weight excluding hydrogens is 522 g/mol. The molecule has 0 N–H and O–H groups in total. The van der Waals surface area contributed by atoms with Crippen LogP contribution in [-0.2, 0) is 37.1 Å². The third-order valence-corrected chi connectivity index (χ3v) is 6.31. The molecule has 4 aromatic carbocycles. The van der Waals surface area contributed by atoms with Gasteiger partial charge < -0.3 is 24.8 Å². The SMILES string of the molecule is CCCC[C](=[Zr+2])Cc1ccccc1.[Cl-].[Cl-].[c-]1cccc2c1Cc1ccccc1-2.c1cc[cH-]c1. The van der Waals surface area contributed by atoms with Crippen molar-refractivity contribution in [2.75, 3.05) is 0 Å². The van der Waals surface area contributed by atoms with Gasteiger partial charge in [0.1, 0.15) is 0 Å². The van der Waals surface area contributed by atoms with E-state index >= 15 is 0 Å². The van der Waals surface area contributed by atoms with E-state index in [4.69, 9.17) is 0 Å². The van der Waals surface area contributed by atoms with Crippen LogP contribution < -0.4 is 24.8 Å². The minimum Gasteiger partial charge on any atom is -1.00 e. The Labute approximate surface area is 227 Å². The van der Waals surface area contributed by atoms with Crippen molar-refractivity contribution in [2.45, 2.75) is 39.0 Å². The van der Waals surface area contributed by atoms with Crippen LogP contribution in [0.4, 0.5) is 0 Å². The van der Waals surface area contributed by atoms with E-state index in [-0.39, 0.29) is 24.8 Å². The minimum atomic E-state index is 0. The number of halogens is 2. The molecule has 0 atom stereocenters. The fourth-order valence-corrected chi connectivity index (χ4v) is 4.58. The van der Waals surface area contributed by atoms with Crippen LogP contribution in [0.15, 0.2) is 103 Å². The van der Waals surface area contributed by atoms with Gasteiger partial charge in [-0.05, 0) is 6.42 Å². The summed E-state index contributed by atoms with van der Waals surface area (Å²) in [4.78, 5) is 0. The maximum absolute atomic E-state index is 3.30. The van der Waals surface area contributed by atoms with Gasteiger partial charge in [0.2, 0.25) is 0 Å². The molecule has 0 spiro atoms. The molecule has 0 radical (unpaired) electrons. The monoisotopic (exact) mass is 550 g/mol. The predicted molar refractivity (Wildman–Crippen MR) is 130 cm³/mol. The Balaban J connectivity index is 0.000000260. The van der Waals surface area contributed by atoms with Gasteiger partial charge in [-0.1, -0.05) is 35.4 Å². The number of hydrogen-bond acceptors (Lipinski definition) is 0. The van der Waals surface area contributed by atoms with Gasteiger partial charge in [-0.3, -0.25) is 0 Å². The summed E-state index contributed by atoms with van der Waals surface area (Å²) in [5, 5.41) is 0. The summed E-state index contributed by atoms with van der Waals surface area (Å²) < 4.78 is 1.69. The van der Waals surface area contributed by atoms with Crippen LogP contribution >= 0.6 is 0 Å². The summed E-state index contributed by atoms with van der Waals surface area (Å²) in [6.45, 7) is 2.26. The number of hydrogen-bond donors (Lipinski definition) is 0. The van der Waals surface area contributed by atoms with E-state index in [1.54, 1.807) is 27.4 Å². The predicted octanol–water partition coefficient (Wildman–Crippen LogP) is 1.61. The average molecular weight is 553 g/mol. The molecule has 33 heavy (non-hydrogen) atoms. The van der Waals surface area contributed by atoms with Crippen molar-refractivity contribution in [3.05, 3.63) is 126 Å². The van der Waals surface area contributed by atoms with Gasteiger partial charge in [0.05, 0.1) is 0 Å². The van der Waals surface area contributed by atoms with Gasteiger partial charge in [0.15, 0.2) is 0 Å². The molecule has 4 aromatic rings. The van der Waals surface area contributed by atoms with Crippen LogP contribution in [0.5, 0.6) is 0 Å². The molecule has 0 bridgehead atoms. The maximum Gasteiger partial charge on any atom is -0.0253 e. The van der Waals surface area contributed by atoms with Crippen molar-refractivity contribution in [3.63, 3.8) is 0 Å². The Kier molecular flexibility index (Phi) is 15.0. The summed E-state index contributed by atoms with van der Waals surface area (Å²) in [5.74, 6) is 0. The van der Waals surface area contributed by atoms with Crippen LogP contribution in [0, 0.1) is 6.07 Å². The van der Waals surface area contributed by atoms with E-state index in [1.165, 1.54) is 53.5 Å². The first-order chi connectivity index (χ1) is 15.3. The first kappa shape index (κ1) is 29.4. The van der Waals surface area contributed by atoms with E-state index in [2.05, 4.69) is 79.7 Å². The Hall–Kier alpha value is -1.66. The summed E-state index contributed by atoms with van der Waals surface area (Å²) in [6.07, 6.45) is 6.23. The van der Waals surface area contributed by atoms with Crippen LogP contribution in [-0.4, -0.2) is 3.21 Å². The van der Waals surface area contributed by atoms with Crippen LogP contribution in [0.25, 0.3) is 11.1 Å². The van der Waals surface area contributed by atoms with Gasteiger partial charge >= 0.3 is 95.9 Å². The second-order valence-electron chi connectivity index (χ2n) is 7.73. The molecule has 1 aliphatic rings. The first-order valence-corrected chi connectivity index (χ1v) is 12.4. The fraction of sp³-hybridized carbons (Fsp3) is 0.200. The molecule has 0 amide bonds. The minimum absolute atomic E-state index is 0. The topological polar surface area (TPSA) is 0 Å². The molecule has 0 fully saturated rings. The molecule has 0 heterocycles. The smallest absolute Gasteiger partial charge is 0.0253 e. The fourth-order valence-electron chi connectivity index (χ4n) is 3.64. The molecule has 0 aliphatic heterocycles. The number of rotatable bonds is 5. The molecule has 5 rings (SSSR count). The van der Waals surface area contributed by atoms with E-state index < -0.39 is 0 Å². The maximum atomic E-state index is 3.30. The van der Waals surface area contributed by atoms with Crippen molar-refractivity contribution < 1.29 is 49.0 Å². The van der Waals surface area contributed by atoms with Crippen molar-refractivity contribution in [2.24, 2.45) is 0 Å². The molecule has 0 saturated heterocycles. The van der Waals surface area contributed by atoms with E-state index in [0.717, 1.165) is 6.42 Å². The van der Waals surface area contributed by atoms with Gasteiger partial charge in [-0.25, -0.2) is 12.1 Å². The third-order valence-electron chi connectivity index (χ3n) is 5.26. The summed E-state index contributed by atoms with van der Waals surface area (Å²) in [7, 11) is 0. The Morgan fingerprint density at radius 3 is 2.18 bits per heavy atom. The number of unbranched alkanes of at least 4 members (excludes halogenated alkanes) is 1. The van der Waals surface area contributed by atoms with Crippen LogP contribution in [0.2, 0.25) is 0 Å². The first-order valence-electron chi connectivity index (χ1n) is 11.1. The van der Waals surface area contributed by atoms with Crippen molar-refractivity contribution in [3.8, 4) is 11.1 Å². The van der Waals surface area contributed by atoms with Gasteiger partial charge in [0.25, 0.3) is 0 Å². The zero-order chi connectivity index (χ0) is 21.7. The molecule has 0 aromatic heterocycles. The molecule has 3 heteroatoms. The van der Waals surface area contributed by atoms with E-state index in [1.807, 2.05) is 36.4 Å². The normalized spacial score (nSPS) is 10.0. The van der Waals surface area contributed by atoms with Crippen molar-refractivity contribution in [1.29, 1.82) is 0 Å². The molecule has 170 valence electrons. The largest absolute Gasteiger partial charge is 1.00 e. The second-order valence-corrected chi connectivity index (χ2v) is 9.47.